The lowest BCUT2D eigenvalue weighted by Crippen LogP contribution is -2.09. The normalized spacial score (nSPS) is 11.4. The molecule has 0 unspecified atom stereocenters. The lowest BCUT2D eigenvalue weighted by atomic mass is 10.2. The van der Waals surface area contributed by atoms with Gasteiger partial charge < -0.3 is 29.2 Å². The monoisotopic (exact) mass is 444 g/mol. The molecule has 8 nitrogen and oxygen atoms in total. The van der Waals surface area contributed by atoms with Crippen molar-refractivity contribution >= 4 is 12.4 Å². The molecule has 0 amide bonds. The third-order valence-electron chi connectivity index (χ3n) is 4.10. The molecule has 0 heterocycles. The van der Waals surface area contributed by atoms with E-state index in [0.717, 1.165) is 11.1 Å². The van der Waals surface area contributed by atoms with Gasteiger partial charge in [0.1, 0.15) is 24.7 Å². The molecule has 2 aromatic carbocycles. The molecule has 2 rings (SSSR count). The Morgan fingerprint density at radius 3 is 1.47 bits per heavy atom. The van der Waals surface area contributed by atoms with Crippen molar-refractivity contribution in [1.29, 1.82) is 0 Å². The molecule has 0 saturated carbocycles. The number of hydrogen-bond acceptors (Lipinski definition) is 8. The standard InChI is InChI=1S/C24H32N2O6/c27-11-15-31-23-7-3-1-5-21(23)19-25-9-13-29-17-18-30-14-10-26-20-22-6-2-4-8-24(22)32-16-12-28/h1-8,19-20,27-28H,9-18H2. The summed E-state index contributed by atoms with van der Waals surface area (Å²) in [6, 6.07) is 15.1. The van der Waals surface area contributed by atoms with E-state index < -0.39 is 0 Å². The van der Waals surface area contributed by atoms with Crippen LogP contribution in [0.2, 0.25) is 0 Å². The van der Waals surface area contributed by atoms with Crippen molar-refractivity contribution in [3.8, 4) is 11.5 Å². The molecule has 0 radical (unpaired) electrons. The fourth-order valence-corrected chi connectivity index (χ4v) is 2.63. The van der Waals surface area contributed by atoms with Crippen molar-refractivity contribution < 1.29 is 29.2 Å². The van der Waals surface area contributed by atoms with Gasteiger partial charge in [0, 0.05) is 23.6 Å². The summed E-state index contributed by atoms with van der Waals surface area (Å²) in [6.07, 6.45) is 3.50. The first-order valence-corrected chi connectivity index (χ1v) is 10.7. The van der Waals surface area contributed by atoms with Gasteiger partial charge in [0.2, 0.25) is 0 Å². The second-order valence-electron chi connectivity index (χ2n) is 6.52. The van der Waals surface area contributed by atoms with Gasteiger partial charge in [-0.25, -0.2) is 0 Å². The van der Waals surface area contributed by atoms with Crippen molar-refractivity contribution in [1.82, 2.24) is 0 Å². The summed E-state index contributed by atoms with van der Waals surface area (Å²) in [4.78, 5) is 8.69. The van der Waals surface area contributed by atoms with E-state index in [1.54, 1.807) is 12.4 Å². The minimum atomic E-state index is -0.0257. The molecule has 0 atom stereocenters. The second-order valence-corrected chi connectivity index (χ2v) is 6.52. The Kier molecular flexibility index (Phi) is 13.4. The van der Waals surface area contributed by atoms with Gasteiger partial charge in [-0.05, 0) is 24.3 Å². The minimum absolute atomic E-state index is 0.0257. The largest absolute Gasteiger partial charge is 0.491 e. The first-order chi connectivity index (χ1) is 15.8. The lowest BCUT2D eigenvalue weighted by molar-refractivity contribution is 0.0541. The zero-order valence-corrected chi connectivity index (χ0v) is 18.3. The zero-order valence-electron chi connectivity index (χ0n) is 18.3. The Morgan fingerprint density at radius 2 is 1.03 bits per heavy atom. The van der Waals surface area contributed by atoms with Crippen LogP contribution < -0.4 is 9.47 Å². The van der Waals surface area contributed by atoms with E-state index >= 15 is 0 Å². The van der Waals surface area contributed by atoms with E-state index in [1.165, 1.54) is 0 Å². The predicted octanol–water partition coefficient (Wildman–Crippen LogP) is 2.00. The maximum Gasteiger partial charge on any atom is 0.128 e. The van der Waals surface area contributed by atoms with Gasteiger partial charge in [0.05, 0.1) is 52.7 Å². The first-order valence-electron chi connectivity index (χ1n) is 10.7. The molecule has 8 heteroatoms. The third kappa shape index (κ3) is 10.5. The number of ether oxygens (including phenoxy) is 4. The molecule has 0 aliphatic heterocycles. The van der Waals surface area contributed by atoms with Crippen LogP contribution in [0.4, 0.5) is 0 Å². The van der Waals surface area contributed by atoms with Crippen molar-refractivity contribution in [2.45, 2.75) is 0 Å². The number of nitrogens with zero attached hydrogens (tertiary/aromatic N) is 2. The molecule has 0 bridgehead atoms. The Balaban J connectivity index is 1.53. The predicted molar refractivity (Wildman–Crippen MR) is 125 cm³/mol. The molecular weight excluding hydrogens is 412 g/mol. The summed E-state index contributed by atoms with van der Waals surface area (Å²) in [6.45, 7) is 3.53. The lowest BCUT2D eigenvalue weighted by Gasteiger charge is -2.07. The summed E-state index contributed by atoms with van der Waals surface area (Å²) in [7, 11) is 0. The molecule has 0 saturated heterocycles. The fourth-order valence-electron chi connectivity index (χ4n) is 2.63. The molecule has 0 aliphatic rings. The Bertz CT molecular complexity index is 745. The Morgan fingerprint density at radius 1 is 0.594 bits per heavy atom. The second kappa shape index (κ2) is 16.9. The number of para-hydroxylation sites is 2. The highest BCUT2D eigenvalue weighted by atomic mass is 16.5. The van der Waals surface area contributed by atoms with E-state index in [0.29, 0.717) is 51.0 Å². The van der Waals surface area contributed by atoms with Crippen LogP contribution in [-0.2, 0) is 9.47 Å². The van der Waals surface area contributed by atoms with Crippen LogP contribution in [0.15, 0.2) is 58.5 Å². The Labute approximate surface area is 189 Å². The quantitative estimate of drug-likeness (QED) is 0.286. The molecular formula is C24H32N2O6. The van der Waals surface area contributed by atoms with Gasteiger partial charge in [0.25, 0.3) is 0 Å². The van der Waals surface area contributed by atoms with Gasteiger partial charge >= 0.3 is 0 Å². The SMILES string of the molecule is OCCOc1ccccc1C=NCCOCCOCCN=Cc1ccccc1OCCO. The van der Waals surface area contributed by atoms with Crippen LogP contribution in [-0.4, -0.2) is 88.6 Å². The Hall–Kier alpha value is -2.78. The van der Waals surface area contributed by atoms with Crippen LogP contribution in [0.25, 0.3) is 0 Å². The maximum absolute atomic E-state index is 8.88. The number of aliphatic imine (C=N–C) groups is 2. The highest BCUT2D eigenvalue weighted by Gasteiger charge is 2.00. The summed E-state index contributed by atoms with van der Waals surface area (Å²) in [5.74, 6) is 1.40. The highest BCUT2D eigenvalue weighted by Crippen LogP contribution is 2.16. The van der Waals surface area contributed by atoms with Gasteiger partial charge in [-0.15, -0.1) is 0 Å². The van der Waals surface area contributed by atoms with Crippen LogP contribution in [0.1, 0.15) is 11.1 Å². The molecule has 174 valence electrons. The molecule has 0 aromatic heterocycles. The first kappa shape index (κ1) is 25.5. The third-order valence-corrected chi connectivity index (χ3v) is 4.10. The van der Waals surface area contributed by atoms with Crippen LogP contribution in [0.3, 0.4) is 0 Å². The van der Waals surface area contributed by atoms with Crippen molar-refractivity contribution in [3.63, 3.8) is 0 Å². The number of benzene rings is 2. The molecule has 32 heavy (non-hydrogen) atoms. The van der Waals surface area contributed by atoms with Crippen molar-refractivity contribution in [2.75, 3.05) is 65.9 Å². The van der Waals surface area contributed by atoms with E-state index in [4.69, 9.17) is 29.2 Å². The van der Waals surface area contributed by atoms with Crippen LogP contribution in [0, 0.1) is 0 Å². The average molecular weight is 445 g/mol. The summed E-state index contributed by atoms with van der Waals surface area (Å²) >= 11 is 0. The zero-order chi connectivity index (χ0) is 22.7. The number of hydrogen-bond donors (Lipinski definition) is 2. The van der Waals surface area contributed by atoms with E-state index in [1.807, 2.05) is 48.5 Å². The molecule has 0 spiro atoms. The maximum atomic E-state index is 8.88. The van der Waals surface area contributed by atoms with Gasteiger partial charge in [0.15, 0.2) is 0 Å². The minimum Gasteiger partial charge on any atom is -0.491 e. The summed E-state index contributed by atoms with van der Waals surface area (Å²) < 4.78 is 22.0. The van der Waals surface area contributed by atoms with E-state index in [-0.39, 0.29) is 26.4 Å². The van der Waals surface area contributed by atoms with Crippen LogP contribution in [0.5, 0.6) is 11.5 Å². The molecule has 2 N–H and O–H groups in total. The summed E-state index contributed by atoms with van der Waals surface area (Å²) in [5.41, 5.74) is 1.74. The molecule has 2 aromatic rings. The van der Waals surface area contributed by atoms with Crippen LogP contribution >= 0.6 is 0 Å². The average Bonchev–Trinajstić information content (AvgIpc) is 2.83. The van der Waals surface area contributed by atoms with Crippen molar-refractivity contribution in [3.05, 3.63) is 59.7 Å². The topological polar surface area (TPSA) is 102 Å². The highest BCUT2D eigenvalue weighted by molar-refractivity contribution is 5.83. The number of aliphatic hydroxyl groups excluding tert-OH is 2. The van der Waals surface area contributed by atoms with Gasteiger partial charge in [-0.3, -0.25) is 9.98 Å². The number of aliphatic hydroxyl groups is 2. The van der Waals surface area contributed by atoms with Gasteiger partial charge in [-0.2, -0.15) is 0 Å². The smallest absolute Gasteiger partial charge is 0.128 e. The molecule has 0 fully saturated rings. The van der Waals surface area contributed by atoms with Crippen molar-refractivity contribution in [2.24, 2.45) is 9.98 Å². The number of rotatable bonds is 17. The fraction of sp³-hybridized carbons (Fsp3) is 0.417. The molecule has 0 aliphatic carbocycles. The van der Waals surface area contributed by atoms with E-state index in [2.05, 4.69) is 9.98 Å². The summed E-state index contributed by atoms with van der Waals surface area (Å²) in [5, 5.41) is 17.8. The van der Waals surface area contributed by atoms with E-state index in [9.17, 15) is 0 Å². The van der Waals surface area contributed by atoms with Gasteiger partial charge in [-0.1, -0.05) is 24.3 Å².